The number of carbonyl (C=O) groups excluding carboxylic acids is 2. The molecule has 0 atom stereocenters. The van der Waals surface area contributed by atoms with Crippen LogP contribution in [0.4, 0.5) is 0 Å². The minimum atomic E-state index is -0.392. The van der Waals surface area contributed by atoms with Crippen molar-refractivity contribution in [1.29, 1.82) is 0 Å². The maximum Gasteiger partial charge on any atom is 0.353 e. The van der Waals surface area contributed by atoms with Crippen LogP contribution in [0.3, 0.4) is 0 Å². The molecule has 0 aliphatic heterocycles. The van der Waals surface area contributed by atoms with Crippen molar-refractivity contribution in [1.82, 2.24) is 0 Å². The first-order valence-electron chi connectivity index (χ1n) is 6.69. The summed E-state index contributed by atoms with van der Waals surface area (Å²) in [6, 6.07) is 19.1. The van der Waals surface area contributed by atoms with Crippen molar-refractivity contribution in [2.45, 2.75) is 0 Å². The lowest BCUT2D eigenvalue weighted by Gasteiger charge is -2.04. The Hall–Kier alpha value is -2.72. The number of ketones is 1. The third-order valence-electron chi connectivity index (χ3n) is 3.09. The van der Waals surface area contributed by atoms with E-state index in [1.54, 1.807) is 48.5 Å². The molecule has 0 spiro atoms. The molecule has 0 saturated heterocycles. The van der Waals surface area contributed by atoms with E-state index in [-0.39, 0.29) is 5.78 Å². The Morgan fingerprint density at radius 3 is 2.09 bits per heavy atom. The molecule has 0 radical (unpaired) electrons. The van der Waals surface area contributed by atoms with E-state index in [1.165, 1.54) is 11.3 Å². The molecule has 4 heteroatoms. The van der Waals surface area contributed by atoms with Gasteiger partial charge in [0.15, 0.2) is 5.78 Å². The fourth-order valence-corrected chi connectivity index (χ4v) is 2.58. The van der Waals surface area contributed by atoms with Crippen LogP contribution in [0, 0.1) is 0 Å². The molecule has 0 saturated carbocycles. The van der Waals surface area contributed by atoms with E-state index >= 15 is 0 Å². The molecule has 0 N–H and O–H groups in total. The minimum absolute atomic E-state index is 0.0586. The van der Waals surface area contributed by atoms with Gasteiger partial charge in [0, 0.05) is 11.1 Å². The summed E-state index contributed by atoms with van der Waals surface area (Å²) in [5.74, 6) is -0.0307. The van der Waals surface area contributed by atoms with Crippen molar-refractivity contribution < 1.29 is 14.3 Å². The third-order valence-corrected chi connectivity index (χ3v) is 3.94. The maximum absolute atomic E-state index is 12.3. The number of thiophene rings is 1. The highest BCUT2D eigenvalue weighted by Gasteiger charge is 2.11. The molecule has 0 unspecified atom stereocenters. The predicted molar refractivity (Wildman–Crippen MR) is 85.6 cm³/mol. The minimum Gasteiger partial charge on any atom is -0.422 e. The molecule has 1 heterocycles. The monoisotopic (exact) mass is 308 g/mol. The predicted octanol–water partition coefficient (Wildman–Crippen LogP) is 4.20. The molecule has 1 aromatic heterocycles. The maximum atomic E-state index is 12.3. The second-order valence-electron chi connectivity index (χ2n) is 4.59. The molecule has 0 aliphatic carbocycles. The number of hydrogen-bond donors (Lipinski definition) is 0. The Kier molecular flexibility index (Phi) is 4.12. The van der Waals surface area contributed by atoms with E-state index < -0.39 is 5.97 Å². The van der Waals surface area contributed by atoms with Gasteiger partial charge in [0.2, 0.25) is 0 Å². The molecule has 108 valence electrons. The highest BCUT2D eigenvalue weighted by Crippen LogP contribution is 2.18. The smallest absolute Gasteiger partial charge is 0.353 e. The van der Waals surface area contributed by atoms with Crippen LogP contribution in [0.15, 0.2) is 72.1 Å². The SMILES string of the molecule is O=C(c1ccccc1)c1ccc(OC(=O)c2cccs2)cc1. The Morgan fingerprint density at radius 1 is 0.773 bits per heavy atom. The molecular weight excluding hydrogens is 296 g/mol. The number of hydrogen-bond acceptors (Lipinski definition) is 4. The van der Waals surface area contributed by atoms with E-state index in [4.69, 9.17) is 4.74 Å². The molecule has 0 fully saturated rings. The summed E-state index contributed by atoms with van der Waals surface area (Å²) in [4.78, 5) is 24.6. The Morgan fingerprint density at radius 2 is 1.45 bits per heavy atom. The van der Waals surface area contributed by atoms with E-state index in [0.29, 0.717) is 21.8 Å². The van der Waals surface area contributed by atoms with Gasteiger partial charge in [-0.15, -0.1) is 11.3 Å². The van der Waals surface area contributed by atoms with Gasteiger partial charge in [-0.25, -0.2) is 4.79 Å². The standard InChI is InChI=1S/C18H12O3S/c19-17(13-5-2-1-3-6-13)14-8-10-15(11-9-14)21-18(20)16-7-4-12-22-16/h1-12H. The third kappa shape index (κ3) is 3.13. The lowest BCUT2D eigenvalue weighted by molar-refractivity contribution is 0.0740. The first-order chi connectivity index (χ1) is 10.7. The van der Waals surface area contributed by atoms with Gasteiger partial charge >= 0.3 is 5.97 Å². The Labute approximate surface area is 131 Å². The van der Waals surface area contributed by atoms with Crippen LogP contribution in [0.5, 0.6) is 5.75 Å². The van der Waals surface area contributed by atoms with Gasteiger partial charge < -0.3 is 4.74 Å². The number of benzene rings is 2. The van der Waals surface area contributed by atoms with Gasteiger partial charge in [0.1, 0.15) is 10.6 Å². The van der Waals surface area contributed by atoms with Gasteiger partial charge in [-0.1, -0.05) is 36.4 Å². The van der Waals surface area contributed by atoms with E-state index in [0.717, 1.165) is 0 Å². The topological polar surface area (TPSA) is 43.4 Å². The first-order valence-corrected chi connectivity index (χ1v) is 7.57. The molecule has 3 aromatic rings. The van der Waals surface area contributed by atoms with Crippen LogP contribution < -0.4 is 4.74 Å². The molecule has 3 nitrogen and oxygen atoms in total. The fraction of sp³-hybridized carbons (Fsp3) is 0. The Bertz CT molecular complexity index is 775. The summed E-state index contributed by atoms with van der Waals surface area (Å²) >= 11 is 1.33. The van der Waals surface area contributed by atoms with Crippen LogP contribution in [0.25, 0.3) is 0 Å². The van der Waals surface area contributed by atoms with E-state index in [9.17, 15) is 9.59 Å². The zero-order valence-corrected chi connectivity index (χ0v) is 12.4. The van der Waals surface area contributed by atoms with Crippen molar-refractivity contribution in [3.05, 3.63) is 88.1 Å². The average Bonchev–Trinajstić information content (AvgIpc) is 3.10. The van der Waals surface area contributed by atoms with Crippen LogP contribution in [0.1, 0.15) is 25.6 Å². The molecule has 22 heavy (non-hydrogen) atoms. The zero-order chi connectivity index (χ0) is 15.4. The summed E-state index contributed by atoms with van der Waals surface area (Å²) in [6.45, 7) is 0. The highest BCUT2D eigenvalue weighted by molar-refractivity contribution is 7.12. The number of ether oxygens (including phenoxy) is 1. The quantitative estimate of drug-likeness (QED) is 0.412. The van der Waals surface area contributed by atoms with Crippen LogP contribution in [-0.4, -0.2) is 11.8 Å². The van der Waals surface area contributed by atoms with Crippen molar-refractivity contribution in [2.75, 3.05) is 0 Å². The molecule has 3 rings (SSSR count). The summed E-state index contributed by atoms with van der Waals surface area (Å²) in [5.41, 5.74) is 1.19. The van der Waals surface area contributed by atoms with Crippen molar-refractivity contribution in [3.8, 4) is 5.75 Å². The van der Waals surface area contributed by atoms with Gasteiger partial charge in [-0.3, -0.25) is 4.79 Å². The highest BCUT2D eigenvalue weighted by atomic mass is 32.1. The van der Waals surface area contributed by atoms with Gasteiger partial charge in [-0.05, 0) is 35.7 Å². The lowest BCUT2D eigenvalue weighted by atomic mass is 10.0. The van der Waals surface area contributed by atoms with Gasteiger partial charge in [0.25, 0.3) is 0 Å². The average molecular weight is 308 g/mol. The first kappa shape index (κ1) is 14.2. The second-order valence-corrected chi connectivity index (χ2v) is 5.53. The second kappa shape index (κ2) is 6.37. The van der Waals surface area contributed by atoms with E-state index in [2.05, 4.69) is 0 Å². The van der Waals surface area contributed by atoms with Gasteiger partial charge in [0.05, 0.1) is 0 Å². The largest absolute Gasteiger partial charge is 0.422 e. The summed E-state index contributed by atoms with van der Waals surface area (Å²) in [7, 11) is 0. The van der Waals surface area contributed by atoms with Crippen LogP contribution in [0.2, 0.25) is 0 Å². The van der Waals surface area contributed by atoms with E-state index in [1.807, 2.05) is 23.6 Å². The van der Waals surface area contributed by atoms with Crippen LogP contribution in [-0.2, 0) is 0 Å². The number of rotatable bonds is 4. The van der Waals surface area contributed by atoms with Crippen molar-refractivity contribution in [2.24, 2.45) is 0 Å². The normalized spacial score (nSPS) is 10.2. The van der Waals surface area contributed by atoms with Gasteiger partial charge in [-0.2, -0.15) is 0 Å². The molecule has 0 amide bonds. The summed E-state index contributed by atoms with van der Waals surface area (Å²) in [6.07, 6.45) is 0. The number of carbonyl (C=O) groups is 2. The molecular formula is C18H12O3S. The molecule has 0 bridgehead atoms. The molecule has 0 aliphatic rings. The zero-order valence-electron chi connectivity index (χ0n) is 11.6. The van der Waals surface area contributed by atoms with Crippen LogP contribution >= 0.6 is 11.3 Å². The number of esters is 1. The fourth-order valence-electron chi connectivity index (χ4n) is 1.98. The summed E-state index contributed by atoms with van der Waals surface area (Å²) in [5, 5.41) is 1.82. The molecule has 2 aromatic carbocycles. The Balaban J connectivity index is 1.73. The lowest BCUT2D eigenvalue weighted by Crippen LogP contribution is -2.06. The van der Waals surface area contributed by atoms with Crippen molar-refractivity contribution in [3.63, 3.8) is 0 Å². The summed E-state index contributed by atoms with van der Waals surface area (Å²) < 4.78 is 5.26. The van der Waals surface area contributed by atoms with Crippen molar-refractivity contribution >= 4 is 23.1 Å².